The van der Waals surface area contributed by atoms with Gasteiger partial charge in [0.05, 0.1) is 0 Å². The zero-order valence-electron chi connectivity index (χ0n) is 14.3. The minimum atomic E-state index is -0.317. The van der Waals surface area contributed by atoms with Gasteiger partial charge >= 0.3 is 5.97 Å². The Morgan fingerprint density at radius 3 is 2.00 bits per heavy atom. The molecule has 0 heterocycles. The highest BCUT2D eigenvalue weighted by Crippen LogP contribution is 2.43. The number of carbonyl (C=O) groups is 1. The standard InChI is InChI=1S/C23H17BrO2/c1-15(25)26-21-13-12-17-7-3-5-9-20(17)23(21)22-18(14-24)11-10-16-6-2-4-8-19(16)22/h2-13H,14H2,1H3. The van der Waals surface area contributed by atoms with E-state index >= 15 is 0 Å². The van der Waals surface area contributed by atoms with Crippen molar-refractivity contribution in [3.05, 3.63) is 78.4 Å². The molecular formula is C23H17BrO2. The second-order valence-electron chi connectivity index (χ2n) is 6.21. The van der Waals surface area contributed by atoms with Crippen LogP contribution in [0, 0.1) is 0 Å². The average molecular weight is 405 g/mol. The van der Waals surface area contributed by atoms with Crippen molar-refractivity contribution in [3.63, 3.8) is 0 Å². The van der Waals surface area contributed by atoms with Crippen molar-refractivity contribution in [2.45, 2.75) is 12.3 Å². The van der Waals surface area contributed by atoms with Crippen LogP contribution in [-0.2, 0) is 10.1 Å². The lowest BCUT2D eigenvalue weighted by atomic mass is 9.90. The second-order valence-corrected chi connectivity index (χ2v) is 6.77. The molecule has 4 aromatic rings. The molecule has 0 N–H and O–H groups in total. The maximum absolute atomic E-state index is 11.7. The number of halogens is 1. The second kappa shape index (κ2) is 6.93. The summed E-state index contributed by atoms with van der Waals surface area (Å²) in [5, 5.41) is 5.22. The van der Waals surface area contributed by atoms with Crippen molar-refractivity contribution in [3.8, 4) is 16.9 Å². The van der Waals surface area contributed by atoms with Gasteiger partial charge in [0.1, 0.15) is 5.75 Å². The maximum Gasteiger partial charge on any atom is 0.308 e. The Morgan fingerprint density at radius 2 is 1.38 bits per heavy atom. The summed E-state index contributed by atoms with van der Waals surface area (Å²) < 4.78 is 5.60. The van der Waals surface area contributed by atoms with E-state index in [0.717, 1.165) is 43.6 Å². The van der Waals surface area contributed by atoms with Gasteiger partial charge in [0.2, 0.25) is 0 Å². The number of rotatable bonds is 3. The van der Waals surface area contributed by atoms with Crippen molar-refractivity contribution in [2.24, 2.45) is 0 Å². The Labute approximate surface area is 160 Å². The first-order valence-electron chi connectivity index (χ1n) is 8.46. The van der Waals surface area contributed by atoms with Gasteiger partial charge < -0.3 is 4.74 Å². The highest BCUT2D eigenvalue weighted by atomic mass is 79.9. The van der Waals surface area contributed by atoms with E-state index < -0.39 is 0 Å². The number of hydrogen-bond acceptors (Lipinski definition) is 2. The van der Waals surface area contributed by atoms with Gasteiger partial charge in [0.15, 0.2) is 0 Å². The molecule has 0 aliphatic carbocycles. The van der Waals surface area contributed by atoms with Gasteiger partial charge in [-0.15, -0.1) is 0 Å². The van der Waals surface area contributed by atoms with Crippen LogP contribution in [0.1, 0.15) is 12.5 Å². The average Bonchev–Trinajstić information content (AvgIpc) is 2.67. The molecule has 0 fully saturated rings. The predicted octanol–water partition coefficient (Wildman–Crippen LogP) is 6.48. The van der Waals surface area contributed by atoms with Crippen LogP contribution in [0.2, 0.25) is 0 Å². The van der Waals surface area contributed by atoms with Gasteiger partial charge in [-0.3, -0.25) is 4.79 Å². The van der Waals surface area contributed by atoms with E-state index in [0.29, 0.717) is 5.75 Å². The summed E-state index contributed by atoms with van der Waals surface area (Å²) in [6, 6.07) is 24.6. The smallest absolute Gasteiger partial charge is 0.308 e. The number of esters is 1. The van der Waals surface area contributed by atoms with Crippen LogP contribution in [0.5, 0.6) is 5.75 Å². The van der Waals surface area contributed by atoms with Gasteiger partial charge in [-0.2, -0.15) is 0 Å². The number of fused-ring (bicyclic) bond motifs is 2. The molecule has 0 radical (unpaired) electrons. The molecule has 0 spiro atoms. The monoisotopic (exact) mass is 404 g/mol. The normalized spacial score (nSPS) is 11.0. The lowest BCUT2D eigenvalue weighted by Crippen LogP contribution is -2.04. The summed E-state index contributed by atoms with van der Waals surface area (Å²) in [4.78, 5) is 11.7. The Kier molecular flexibility index (Phi) is 4.48. The first-order chi connectivity index (χ1) is 12.7. The summed E-state index contributed by atoms with van der Waals surface area (Å²) in [7, 11) is 0. The third-order valence-electron chi connectivity index (χ3n) is 4.55. The molecule has 3 heteroatoms. The fraction of sp³-hybridized carbons (Fsp3) is 0.0870. The quantitative estimate of drug-likeness (QED) is 0.222. The lowest BCUT2D eigenvalue weighted by Gasteiger charge is -2.17. The van der Waals surface area contributed by atoms with E-state index in [1.54, 1.807) is 0 Å². The van der Waals surface area contributed by atoms with E-state index in [-0.39, 0.29) is 5.97 Å². The van der Waals surface area contributed by atoms with Crippen LogP contribution < -0.4 is 4.74 Å². The van der Waals surface area contributed by atoms with Crippen LogP contribution in [0.3, 0.4) is 0 Å². The minimum absolute atomic E-state index is 0.317. The van der Waals surface area contributed by atoms with Crippen LogP contribution in [-0.4, -0.2) is 5.97 Å². The highest BCUT2D eigenvalue weighted by Gasteiger charge is 2.18. The summed E-state index contributed by atoms with van der Waals surface area (Å²) in [6.45, 7) is 1.44. The van der Waals surface area contributed by atoms with Crippen LogP contribution >= 0.6 is 15.9 Å². The zero-order chi connectivity index (χ0) is 18.1. The van der Waals surface area contributed by atoms with Crippen molar-refractivity contribution < 1.29 is 9.53 Å². The molecule has 26 heavy (non-hydrogen) atoms. The highest BCUT2D eigenvalue weighted by molar-refractivity contribution is 9.08. The molecule has 4 aromatic carbocycles. The fourth-order valence-electron chi connectivity index (χ4n) is 3.47. The molecule has 0 saturated heterocycles. The molecule has 4 rings (SSSR count). The SMILES string of the molecule is CC(=O)Oc1ccc2ccccc2c1-c1c(CBr)ccc2ccccc12. The molecule has 0 aliphatic heterocycles. The maximum atomic E-state index is 11.7. The first kappa shape index (κ1) is 16.8. The number of carbonyl (C=O) groups excluding carboxylic acids is 1. The van der Waals surface area contributed by atoms with Crippen molar-refractivity contribution >= 4 is 43.4 Å². The molecule has 0 aromatic heterocycles. The summed E-state index contributed by atoms with van der Waals surface area (Å²) >= 11 is 3.62. The van der Waals surface area contributed by atoms with E-state index in [1.165, 1.54) is 6.92 Å². The first-order valence-corrected chi connectivity index (χ1v) is 9.58. The number of alkyl halides is 1. The van der Waals surface area contributed by atoms with Gasteiger partial charge in [-0.05, 0) is 38.7 Å². The number of benzene rings is 4. The van der Waals surface area contributed by atoms with E-state index in [1.807, 2.05) is 36.4 Å². The summed E-state index contributed by atoms with van der Waals surface area (Å²) in [5.41, 5.74) is 3.23. The van der Waals surface area contributed by atoms with Crippen molar-refractivity contribution in [1.82, 2.24) is 0 Å². The molecule has 0 saturated carbocycles. The molecular weight excluding hydrogens is 388 g/mol. The molecule has 0 bridgehead atoms. The number of hydrogen-bond donors (Lipinski definition) is 0. The molecule has 0 atom stereocenters. The molecule has 0 aliphatic rings. The van der Waals surface area contributed by atoms with Crippen molar-refractivity contribution in [2.75, 3.05) is 0 Å². The van der Waals surface area contributed by atoms with E-state index in [4.69, 9.17) is 4.74 Å². The van der Waals surface area contributed by atoms with Gasteiger partial charge in [0.25, 0.3) is 0 Å². The largest absolute Gasteiger partial charge is 0.426 e. The van der Waals surface area contributed by atoms with Crippen molar-refractivity contribution in [1.29, 1.82) is 0 Å². The van der Waals surface area contributed by atoms with E-state index in [9.17, 15) is 4.79 Å². The summed E-state index contributed by atoms with van der Waals surface area (Å²) in [6.07, 6.45) is 0. The van der Waals surface area contributed by atoms with Crippen LogP contribution in [0.15, 0.2) is 72.8 Å². The van der Waals surface area contributed by atoms with Gasteiger partial charge in [-0.1, -0.05) is 82.7 Å². The topological polar surface area (TPSA) is 26.3 Å². The Morgan fingerprint density at radius 1 is 0.808 bits per heavy atom. The molecule has 128 valence electrons. The Bertz CT molecular complexity index is 1130. The summed E-state index contributed by atoms with van der Waals surface area (Å²) in [5.74, 6) is 0.275. The Balaban J connectivity index is 2.17. The third-order valence-corrected chi connectivity index (χ3v) is 5.16. The molecule has 2 nitrogen and oxygen atoms in total. The van der Waals surface area contributed by atoms with Gasteiger partial charge in [-0.25, -0.2) is 0 Å². The fourth-order valence-corrected chi connectivity index (χ4v) is 3.94. The minimum Gasteiger partial charge on any atom is -0.426 e. The van der Waals surface area contributed by atoms with E-state index in [2.05, 4.69) is 52.3 Å². The molecule has 0 amide bonds. The van der Waals surface area contributed by atoms with Gasteiger partial charge in [0, 0.05) is 17.8 Å². The van der Waals surface area contributed by atoms with Crippen LogP contribution in [0.25, 0.3) is 32.7 Å². The Hall–Kier alpha value is -2.65. The zero-order valence-corrected chi connectivity index (χ0v) is 15.9. The molecule has 0 unspecified atom stereocenters. The lowest BCUT2D eigenvalue weighted by molar-refractivity contribution is -0.131. The number of ether oxygens (including phenoxy) is 1. The van der Waals surface area contributed by atoms with Crippen LogP contribution in [0.4, 0.5) is 0 Å². The third kappa shape index (κ3) is 2.89. The predicted molar refractivity (Wildman–Crippen MR) is 111 cm³/mol.